The van der Waals surface area contributed by atoms with Crippen molar-refractivity contribution < 1.29 is 13.9 Å². The number of benzene rings is 4. The fourth-order valence-corrected chi connectivity index (χ4v) is 3.99. The highest BCUT2D eigenvalue weighted by Gasteiger charge is 2.14. The molecule has 0 atom stereocenters. The van der Waals surface area contributed by atoms with Crippen LogP contribution in [0.2, 0.25) is 0 Å². The van der Waals surface area contributed by atoms with Crippen molar-refractivity contribution in [2.45, 2.75) is 5.22 Å². The Bertz CT molecular complexity index is 1360. The lowest BCUT2D eigenvalue weighted by Gasteiger charge is -2.06. The second-order valence-electron chi connectivity index (χ2n) is 7.05. The molecule has 0 fully saturated rings. The van der Waals surface area contributed by atoms with E-state index in [-0.39, 0.29) is 11.5 Å². The summed E-state index contributed by atoms with van der Waals surface area (Å²) in [5, 5.41) is 10.8. The molecule has 0 aliphatic heterocycles. The van der Waals surface area contributed by atoms with Gasteiger partial charge in [0.05, 0.1) is 5.75 Å². The number of hydrogen-bond acceptors (Lipinski definition) is 6. The minimum Gasteiger partial charge on any atom is -0.457 e. The van der Waals surface area contributed by atoms with E-state index in [1.54, 1.807) is 24.3 Å². The number of hydrogen-bond donors (Lipinski definition) is 0. The monoisotopic (exact) mass is 438 g/mol. The molecule has 1 aromatic heterocycles. The maximum absolute atomic E-state index is 12.6. The van der Waals surface area contributed by atoms with Crippen molar-refractivity contribution in [3.8, 4) is 23.0 Å². The summed E-state index contributed by atoms with van der Waals surface area (Å²) in [5.41, 5.74) is 1.48. The van der Waals surface area contributed by atoms with Crippen LogP contribution in [0.5, 0.6) is 11.5 Å². The van der Waals surface area contributed by atoms with Crippen LogP contribution in [0.25, 0.3) is 22.2 Å². The summed E-state index contributed by atoms with van der Waals surface area (Å²) >= 11 is 1.23. The van der Waals surface area contributed by atoms with Gasteiger partial charge >= 0.3 is 0 Å². The van der Waals surface area contributed by atoms with E-state index in [1.807, 2.05) is 72.8 Å². The average Bonchev–Trinajstić information content (AvgIpc) is 3.32. The molecule has 0 bridgehead atoms. The second-order valence-corrected chi connectivity index (χ2v) is 7.98. The highest BCUT2D eigenvalue weighted by molar-refractivity contribution is 7.99. The Morgan fingerprint density at radius 3 is 2.34 bits per heavy atom. The number of nitrogens with zero attached hydrogens (tertiary/aromatic N) is 2. The first-order valence-corrected chi connectivity index (χ1v) is 11.1. The number of carbonyl (C=O) groups excluding carboxylic acids is 1. The normalized spacial score (nSPS) is 10.9. The van der Waals surface area contributed by atoms with Crippen LogP contribution in [-0.4, -0.2) is 21.7 Å². The van der Waals surface area contributed by atoms with Crippen molar-refractivity contribution in [3.63, 3.8) is 0 Å². The summed E-state index contributed by atoms with van der Waals surface area (Å²) in [6.45, 7) is 0. The van der Waals surface area contributed by atoms with Gasteiger partial charge in [-0.2, -0.15) is 0 Å². The topological polar surface area (TPSA) is 65.2 Å². The average molecular weight is 439 g/mol. The fraction of sp³-hybridized carbons (Fsp3) is 0.0385. The molecule has 5 nitrogen and oxygen atoms in total. The Morgan fingerprint density at radius 1 is 0.781 bits per heavy atom. The first-order valence-electron chi connectivity index (χ1n) is 10.1. The van der Waals surface area contributed by atoms with Crippen LogP contribution in [0.15, 0.2) is 107 Å². The highest BCUT2D eigenvalue weighted by atomic mass is 32.2. The molecule has 0 saturated heterocycles. The number of thioether (sulfide) groups is 1. The molecule has 0 amide bonds. The van der Waals surface area contributed by atoms with E-state index in [0.29, 0.717) is 22.4 Å². The molecule has 5 aromatic rings. The van der Waals surface area contributed by atoms with Gasteiger partial charge in [0, 0.05) is 11.1 Å². The van der Waals surface area contributed by atoms with E-state index >= 15 is 0 Å². The van der Waals surface area contributed by atoms with Crippen LogP contribution in [-0.2, 0) is 0 Å². The molecule has 4 aromatic carbocycles. The molecule has 0 aliphatic carbocycles. The molecular weight excluding hydrogens is 420 g/mol. The molecule has 0 spiro atoms. The molecule has 0 radical (unpaired) electrons. The lowest BCUT2D eigenvalue weighted by molar-refractivity contribution is 0.102. The number of rotatable bonds is 7. The predicted molar refractivity (Wildman–Crippen MR) is 125 cm³/mol. The molecule has 0 N–H and O–H groups in total. The number of ether oxygens (including phenoxy) is 1. The SMILES string of the molecule is O=C(CSc1nnc(-c2cccc3ccccc23)o1)c1ccc(Oc2ccccc2)cc1. The number of aromatic nitrogens is 2. The van der Waals surface area contributed by atoms with Crippen molar-refractivity contribution in [3.05, 3.63) is 103 Å². The summed E-state index contributed by atoms with van der Waals surface area (Å²) < 4.78 is 11.6. The molecule has 5 rings (SSSR count). The van der Waals surface area contributed by atoms with Gasteiger partial charge in [0.15, 0.2) is 5.78 Å². The van der Waals surface area contributed by atoms with E-state index in [1.165, 1.54) is 11.8 Å². The fourth-order valence-electron chi connectivity index (χ4n) is 3.33. The van der Waals surface area contributed by atoms with E-state index in [9.17, 15) is 4.79 Å². The van der Waals surface area contributed by atoms with Gasteiger partial charge in [0.2, 0.25) is 5.89 Å². The molecule has 0 saturated carbocycles. The minimum absolute atomic E-state index is 0.0221. The lowest BCUT2D eigenvalue weighted by atomic mass is 10.0. The predicted octanol–water partition coefficient (Wildman–Crippen LogP) is 6.66. The van der Waals surface area contributed by atoms with Gasteiger partial charge in [-0.25, -0.2) is 0 Å². The highest BCUT2D eigenvalue weighted by Crippen LogP contribution is 2.30. The van der Waals surface area contributed by atoms with E-state index < -0.39 is 0 Å². The summed E-state index contributed by atoms with van der Waals surface area (Å²) in [7, 11) is 0. The van der Waals surface area contributed by atoms with E-state index in [4.69, 9.17) is 9.15 Å². The Kier molecular flexibility index (Phi) is 5.68. The second kappa shape index (κ2) is 9.08. The first-order chi connectivity index (χ1) is 15.8. The van der Waals surface area contributed by atoms with E-state index in [2.05, 4.69) is 10.2 Å². The van der Waals surface area contributed by atoms with Gasteiger partial charge in [0.25, 0.3) is 5.22 Å². The minimum atomic E-state index is -0.0221. The van der Waals surface area contributed by atoms with E-state index in [0.717, 1.165) is 22.1 Å². The van der Waals surface area contributed by atoms with Crippen molar-refractivity contribution in [1.29, 1.82) is 0 Å². The Morgan fingerprint density at radius 2 is 1.50 bits per heavy atom. The maximum atomic E-state index is 12.6. The van der Waals surface area contributed by atoms with Gasteiger partial charge in [-0.3, -0.25) is 4.79 Å². The molecular formula is C26H18N2O3S. The van der Waals surface area contributed by atoms with Crippen molar-refractivity contribution >= 4 is 28.3 Å². The van der Waals surface area contributed by atoms with Crippen LogP contribution in [0.4, 0.5) is 0 Å². The third-order valence-corrected chi connectivity index (χ3v) is 5.73. The zero-order valence-electron chi connectivity index (χ0n) is 17.0. The summed E-state index contributed by atoms with van der Waals surface area (Å²) in [6, 6.07) is 30.6. The quantitative estimate of drug-likeness (QED) is 0.209. The number of Topliss-reactive ketones (excluding diaryl/α,β-unsaturated/α-hetero) is 1. The van der Waals surface area contributed by atoms with Crippen LogP contribution in [0, 0.1) is 0 Å². The number of para-hydroxylation sites is 1. The summed E-state index contributed by atoms with van der Waals surface area (Å²) in [6.07, 6.45) is 0. The standard InChI is InChI=1S/C26H18N2O3S/c29-24(19-13-15-21(16-14-19)30-20-9-2-1-3-10-20)17-32-26-28-27-25(31-26)23-12-6-8-18-7-4-5-11-22(18)23/h1-16H,17H2. The van der Waals surface area contributed by atoms with Gasteiger partial charge in [-0.1, -0.05) is 66.4 Å². The molecule has 6 heteroatoms. The number of carbonyl (C=O) groups is 1. The maximum Gasteiger partial charge on any atom is 0.277 e. The zero-order chi connectivity index (χ0) is 21.8. The van der Waals surface area contributed by atoms with Crippen LogP contribution < -0.4 is 4.74 Å². The Balaban J connectivity index is 1.23. The van der Waals surface area contributed by atoms with Crippen molar-refractivity contribution in [2.75, 3.05) is 5.75 Å². The van der Waals surface area contributed by atoms with Gasteiger partial charge in [0.1, 0.15) is 11.5 Å². The lowest BCUT2D eigenvalue weighted by Crippen LogP contribution is -2.02. The van der Waals surface area contributed by atoms with Crippen LogP contribution in [0.1, 0.15) is 10.4 Å². The smallest absolute Gasteiger partial charge is 0.277 e. The molecule has 32 heavy (non-hydrogen) atoms. The van der Waals surface area contributed by atoms with Gasteiger partial charge < -0.3 is 9.15 Å². The van der Waals surface area contributed by atoms with Gasteiger partial charge in [-0.05, 0) is 53.2 Å². The molecule has 156 valence electrons. The summed E-state index contributed by atoms with van der Waals surface area (Å²) in [5.74, 6) is 2.05. The third-order valence-electron chi connectivity index (χ3n) is 4.91. The Hall–Kier alpha value is -3.90. The van der Waals surface area contributed by atoms with Crippen molar-refractivity contribution in [1.82, 2.24) is 10.2 Å². The molecule has 1 heterocycles. The summed E-state index contributed by atoms with van der Waals surface area (Å²) in [4.78, 5) is 12.6. The third kappa shape index (κ3) is 4.40. The van der Waals surface area contributed by atoms with Crippen LogP contribution in [0.3, 0.4) is 0 Å². The largest absolute Gasteiger partial charge is 0.457 e. The zero-order valence-corrected chi connectivity index (χ0v) is 17.8. The first kappa shape index (κ1) is 20.0. The van der Waals surface area contributed by atoms with Crippen molar-refractivity contribution in [2.24, 2.45) is 0 Å². The van der Waals surface area contributed by atoms with Crippen LogP contribution >= 0.6 is 11.8 Å². The van der Waals surface area contributed by atoms with Gasteiger partial charge in [-0.15, -0.1) is 10.2 Å². The number of ketones is 1. The number of fused-ring (bicyclic) bond motifs is 1. The Labute approximate surface area is 189 Å². The molecule has 0 unspecified atom stereocenters. The molecule has 0 aliphatic rings.